The summed E-state index contributed by atoms with van der Waals surface area (Å²) in [6, 6.07) is -3.68. The van der Waals surface area contributed by atoms with E-state index in [9.17, 15) is 72.9 Å². The Morgan fingerprint density at radius 3 is 2.26 bits per heavy atom. The van der Waals surface area contributed by atoms with Gasteiger partial charge in [0.15, 0.2) is 11.6 Å². The summed E-state index contributed by atoms with van der Waals surface area (Å²) in [5.74, 6) is -13.4. The van der Waals surface area contributed by atoms with Crippen LogP contribution in [-0.2, 0) is 80.5 Å². The first kappa shape index (κ1) is 66.7. The van der Waals surface area contributed by atoms with Crippen LogP contribution in [0.15, 0.2) is 17.2 Å². The molecule has 86 heavy (non-hydrogen) atoms. The molecule has 2 aromatic rings. The first-order valence-electron chi connectivity index (χ1n) is 29.2. The number of nitrogens with zero attached hydrogens (tertiary/aromatic N) is 3. The molecule has 2 bridgehead atoms. The number of carbonyl (C=O) groups is 12. The molecule has 0 saturated carbocycles. The lowest BCUT2D eigenvalue weighted by Crippen LogP contribution is -2.60. The van der Waals surface area contributed by atoms with E-state index in [1.165, 1.54) is 30.7 Å². The molecule has 11 N–H and O–H groups in total. The predicted molar refractivity (Wildman–Crippen MR) is 310 cm³/mol. The Bertz CT molecular complexity index is 2990. The molecule has 1 aromatic carbocycles. The van der Waals surface area contributed by atoms with Crippen molar-refractivity contribution in [1.82, 2.24) is 46.3 Å². The number of Topliss-reactive ketones (excluding diaryl/α,β-unsaturated/α-hetero) is 2. The van der Waals surface area contributed by atoms with Crippen LogP contribution in [0.4, 0.5) is 0 Å². The van der Waals surface area contributed by atoms with Crippen LogP contribution in [0.5, 0.6) is 5.75 Å². The Kier molecular flexibility index (Phi) is 23.0. The fraction of sp³-hybridized carbons (Fsp3) is 0.649. The molecule has 3 fully saturated rings. The normalized spacial score (nSPS) is 27.3. The summed E-state index contributed by atoms with van der Waals surface area (Å²) in [5, 5.41) is 44.9. The number of ether oxygens (including phenoxy) is 1. The number of fused-ring (bicyclic) bond motifs is 5. The monoisotopic (exact) mass is 1240 g/mol. The number of nitrogens with two attached hydrogens (primary N) is 1. The van der Waals surface area contributed by atoms with Crippen LogP contribution in [0.3, 0.4) is 0 Å². The molecule has 0 radical (unpaired) electrons. The predicted octanol–water partition coefficient (Wildman–Crippen LogP) is -2.04. The Hall–Kier alpha value is -6.82. The summed E-state index contributed by atoms with van der Waals surface area (Å²) in [6.45, 7) is 4.99. The molecule has 29 heteroatoms. The lowest BCUT2D eigenvalue weighted by molar-refractivity contribution is -0.144. The summed E-state index contributed by atoms with van der Waals surface area (Å²) in [4.78, 5) is 172. The number of imide groups is 1. The van der Waals surface area contributed by atoms with Crippen LogP contribution in [0.2, 0.25) is 0 Å². The smallest absolute Gasteiger partial charge is 0.246 e. The van der Waals surface area contributed by atoms with Gasteiger partial charge in [-0.2, -0.15) is 0 Å². The Morgan fingerprint density at radius 2 is 1.59 bits per heavy atom. The van der Waals surface area contributed by atoms with Crippen molar-refractivity contribution in [2.45, 2.75) is 151 Å². The molecule has 12 atom stereocenters. The molecule has 1 aromatic heterocycles. The van der Waals surface area contributed by atoms with Crippen molar-refractivity contribution in [3.05, 3.63) is 23.3 Å². The molecule has 27 nitrogen and oxygen atoms in total. The summed E-state index contributed by atoms with van der Waals surface area (Å²) >= 11 is 1.50. The number of aromatic nitrogens is 1. The number of amides is 10. The van der Waals surface area contributed by atoms with Gasteiger partial charge < -0.3 is 67.2 Å². The van der Waals surface area contributed by atoms with E-state index in [-0.39, 0.29) is 64.5 Å². The van der Waals surface area contributed by atoms with Gasteiger partial charge >= 0.3 is 0 Å². The van der Waals surface area contributed by atoms with Crippen LogP contribution < -0.4 is 37.1 Å². The zero-order chi connectivity index (χ0) is 62.8. The number of primary amides is 1. The van der Waals surface area contributed by atoms with E-state index in [2.05, 4.69) is 31.6 Å². The van der Waals surface area contributed by atoms with E-state index in [4.69, 9.17) is 10.5 Å². The van der Waals surface area contributed by atoms with Gasteiger partial charge in [0.1, 0.15) is 28.9 Å². The average Bonchev–Trinajstić information content (AvgIpc) is 2.35. The van der Waals surface area contributed by atoms with Crippen molar-refractivity contribution in [2.75, 3.05) is 58.7 Å². The van der Waals surface area contributed by atoms with Gasteiger partial charge in [-0.1, -0.05) is 40.5 Å². The second-order valence-corrected chi connectivity index (χ2v) is 26.0. The highest BCUT2D eigenvalue weighted by Gasteiger charge is 2.45. The standard InChI is InChI=1S/C57H80N10O17S2/c1-6-28(2)36-17-32(69)20-59-51(77)31-15-37-35-11-12-44(84-5)38(26-85-34-23-65(24-34)47(75)10-8-7-9-13-66-48(76)14-29(3)56(66)81)50(35)64-55(37)86(83)27-40(61-46(74)21-60-52(36)78)53(79)62-39(19-45(58)73)57(82)67-22-33(70)18-41(67)54(80)63-49(42(71)16-31)30(4)43(72)25-68/h11-12,28-31,33-34,36,39-41,43,49,64,68,70,72H,6-10,13-27H2,1-5H3,(H2,58,73)(H,59,77)(H,60,78)(H,61,74)(H,62,79)(H,63,80)/t28-,29?,30-,31+,33+,36-,39-,40-,41-,43-,49-,86?/m0/s1. The number of carbonyl (C=O) groups excluding carboxylic acids is 12. The summed E-state index contributed by atoms with van der Waals surface area (Å²) < 4.78 is 21.2. The van der Waals surface area contributed by atoms with Gasteiger partial charge in [-0.05, 0) is 42.9 Å². The highest BCUT2D eigenvalue weighted by molar-refractivity contribution is 7.99. The van der Waals surface area contributed by atoms with E-state index in [0.717, 1.165) is 4.90 Å². The number of likely N-dealkylation sites (tertiary alicyclic amines) is 2. The van der Waals surface area contributed by atoms with Crippen molar-refractivity contribution in [3.63, 3.8) is 0 Å². The number of hydrogen-bond acceptors (Lipinski definition) is 18. The third-order valence-electron chi connectivity index (χ3n) is 17.0. The van der Waals surface area contributed by atoms with Crippen molar-refractivity contribution in [2.24, 2.45) is 35.3 Å². The van der Waals surface area contributed by atoms with Gasteiger partial charge in [-0.15, -0.1) is 11.8 Å². The Morgan fingerprint density at radius 1 is 0.872 bits per heavy atom. The Balaban J connectivity index is 1.28. The molecule has 0 aliphatic carbocycles. The number of methoxy groups -OCH3 is 1. The van der Waals surface area contributed by atoms with Crippen molar-refractivity contribution >= 4 is 104 Å². The average molecular weight is 1240 g/mol. The van der Waals surface area contributed by atoms with Crippen LogP contribution in [0, 0.1) is 29.6 Å². The molecule has 5 aliphatic rings. The number of unbranched alkanes of at least 4 members (excludes halogenated alkanes) is 2. The van der Waals surface area contributed by atoms with Crippen molar-refractivity contribution < 1.29 is 81.8 Å². The molecule has 2 unspecified atom stereocenters. The maximum absolute atomic E-state index is 15.4. The summed E-state index contributed by atoms with van der Waals surface area (Å²) in [7, 11) is -0.979. The molecule has 7 rings (SSSR count). The molecule has 6 heterocycles. The number of aliphatic hydroxyl groups is 3. The molecule has 5 aliphatic heterocycles. The summed E-state index contributed by atoms with van der Waals surface area (Å²) in [5.41, 5.74) is 6.69. The number of rotatable bonds is 17. The third-order valence-corrected chi connectivity index (χ3v) is 19.7. The van der Waals surface area contributed by atoms with E-state index in [1.54, 1.807) is 37.8 Å². The first-order valence-corrected chi connectivity index (χ1v) is 31.6. The molecule has 3 saturated heterocycles. The second-order valence-electron chi connectivity index (χ2n) is 23.2. The molecule has 0 spiro atoms. The number of aliphatic hydroxyl groups excluding tert-OH is 3. The highest BCUT2D eigenvalue weighted by atomic mass is 32.2. The number of aromatic amines is 1. The number of nitrogens with one attached hydrogen (secondary N) is 6. The van der Waals surface area contributed by atoms with Crippen LogP contribution in [0.1, 0.15) is 103 Å². The minimum absolute atomic E-state index is 0.0370. The maximum Gasteiger partial charge on any atom is 0.246 e. The first-order chi connectivity index (χ1) is 40.8. The maximum atomic E-state index is 15.4. The lowest BCUT2D eigenvalue weighted by atomic mass is 9.85. The summed E-state index contributed by atoms with van der Waals surface area (Å²) in [6.07, 6.45) is -3.10. The minimum atomic E-state index is -2.42. The molecular weight excluding hydrogens is 1160 g/mol. The molecule has 10 amide bonds. The van der Waals surface area contributed by atoms with Gasteiger partial charge in [0.05, 0.1) is 73.5 Å². The van der Waals surface area contributed by atoms with Gasteiger partial charge in [-0.25, -0.2) is 0 Å². The zero-order valence-corrected chi connectivity index (χ0v) is 50.7. The fourth-order valence-electron chi connectivity index (χ4n) is 11.6. The molecular formula is C57H80N10O17S2. The highest BCUT2D eigenvalue weighted by Crippen LogP contribution is 2.39. The minimum Gasteiger partial charge on any atom is -0.496 e. The SMILES string of the molecule is CC[C@H](C)[C@@H]1CC(=O)CNC(=O)[C@H]2CC(=O)[C@H]([C@@H](C)[C@@H](O)CO)NC(=O)[C@@H]3C[C@@H](O)CN3C(=O)[C@H](CC(N)=O)NC(=O)[C@H](CS(=O)c3[nH]c4c(CSC5CN(C(=O)CCCCCN6C(=O)CC(C)C6=O)C5)c(OC)ccc4c3C2)NC(=O)CNC1=O. The van der Waals surface area contributed by atoms with E-state index in [0.29, 0.717) is 67.5 Å². The molecule has 472 valence electrons. The van der Waals surface area contributed by atoms with E-state index < -0.39 is 181 Å². The largest absolute Gasteiger partial charge is 0.496 e. The third kappa shape index (κ3) is 16.0. The number of hydrogen-bond donors (Lipinski definition) is 10. The van der Waals surface area contributed by atoms with Gasteiger partial charge in [-0.3, -0.25) is 66.6 Å². The number of thioether (sulfide) groups is 1. The van der Waals surface area contributed by atoms with Crippen LogP contribution in [0.25, 0.3) is 10.9 Å². The van der Waals surface area contributed by atoms with E-state index >= 15 is 4.21 Å². The number of ketones is 2. The number of H-pyrrole nitrogens is 1. The van der Waals surface area contributed by atoms with Gasteiger partial charge in [0.25, 0.3) is 0 Å². The topological polar surface area (TPSA) is 404 Å². The van der Waals surface area contributed by atoms with Crippen molar-refractivity contribution in [3.8, 4) is 5.75 Å². The van der Waals surface area contributed by atoms with Gasteiger partial charge in [0, 0.05) is 104 Å². The zero-order valence-electron chi connectivity index (χ0n) is 49.0. The van der Waals surface area contributed by atoms with Crippen LogP contribution >= 0.6 is 11.8 Å². The lowest BCUT2D eigenvalue weighted by Gasteiger charge is -2.39. The second kappa shape index (κ2) is 29.7. The Labute approximate surface area is 503 Å². The van der Waals surface area contributed by atoms with Gasteiger partial charge in [0.2, 0.25) is 59.1 Å². The van der Waals surface area contributed by atoms with Crippen molar-refractivity contribution in [1.29, 1.82) is 0 Å². The van der Waals surface area contributed by atoms with E-state index in [1.807, 2.05) is 0 Å². The fourth-order valence-corrected chi connectivity index (χ4v) is 14.3. The number of benzene rings is 1. The van der Waals surface area contributed by atoms with Crippen LogP contribution in [-0.4, -0.2) is 210 Å². The quantitative estimate of drug-likeness (QED) is 0.0603.